The number of fused-ring (bicyclic) bond motifs is 1. The highest BCUT2D eigenvalue weighted by atomic mass is 32.2. The normalized spacial score (nSPS) is 11.1. The lowest BCUT2D eigenvalue weighted by Gasteiger charge is -2.15. The number of tetrazole rings is 1. The maximum absolute atomic E-state index is 6.30. The van der Waals surface area contributed by atoms with Gasteiger partial charge in [-0.15, -0.1) is 5.10 Å². The molecule has 7 heteroatoms. The predicted octanol–water partition coefficient (Wildman–Crippen LogP) is 5.97. The van der Waals surface area contributed by atoms with Gasteiger partial charge in [-0.05, 0) is 64.9 Å². The van der Waals surface area contributed by atoms with E-state index < -0.39 is 0 Å². The van der Waals surface area contributed by atoms with Crippen LogP contribution in [0.3, 0.4) is 0 Å². The van der Waals surface area contributed by atoms with E-state index in [1.807, 2.05) is 30.3 Å². The maximum Gasteiger partial charge on any atom is 0.214 e. The van der Waals surface area contributed by atoms with Crippen LogP contribution in [0.25, 0.3) is 16.5 Å². The predicted molar refractivity (Wildman–Crippen MR) is 146 cm³/mol. The van der Waals surface area contributed by atoms with E-state index in [1.54, 1.807) is 16.4 Å². The lowest BCUT2D eigenvalue weighted by Crippen LogP contribution is -2.16. The quantitative estimate of drug-likeness (QED) is 0.180. The highest BCUT2D eigenvalue weighted by Gasteiger charge is 2.11. The van der Waals surface area contributed by atoms with E-state index in [9.17, 15) is 0 Å². The van der Waals surface area contributed by atoms with Gasteiger partial charge in [-0.1, -0.05) is 90.1 Å². The molecule has 0 aliphatic carbocycles. The molecule has 0 fully saturated rings. The monoisotopic (exact) mass is 495 g/mol. The Bertz CT molecular complexity index is 1420. The van der Waals surface area contributed by atoms with Crippen molar-refractivity contribution in [3.8, 4) is 11.4 Å². The summed E-state index contributed by atoms with van der Waals surface area (Å²) in [6.45, 7) is 4.30. The van der Waals surface area contributed by atoms with Gasteiger partial charge in [0.1, 0.15) is 12.4 Å². The first-order valence-corrected chi connectivity index (χ1v) is 13.1. The van der Waals surface area contributed by atoms with Gasteiger partial charge >= 0.3 is 0 Å². The zero-order chi connectivity index (χ0) is 24.6. The van der Waals surface area contributed by atoms with Gasteiger partial charge in [0.2, 0.25) is 5.16 Å². The van der Waals surface area contributed by atoms with Crippen molar-refractivity contribution >= 4 is 22.5 Å². The lowest BCUT2D eigenvalue weighted by atomic mass is 10.0. The molecule has 0 spiro atoms. The van der Waals surface area contributed by atoms with Crippen molar-refractivity contribution in [2.75, 3.05) is 12.3 Å². The molecular formula is C29H29N5OS. The fraction of sp³-hybridized carbons (Fsp3) is 0.207. The molecule has 0 radical (unpaired) electrons. The Morgan fingerprint density at radius 2 is 1.78 bits per heavy atom. The summed E-state index contributed by atoms with van der Waals surface area (Å²) in [6, 6.07) is 31.1. The first kappa shape index (κ1) is 24.0. The standard InChI is InChI=1S/C29H29N5OS/c1-22-9-7-10-23(19-22)21-35-28-16-15-24-11-5-6-14-26(24)27(28)20-30-17-8-18-36-29-31-32-33-34(29)25-12-3-2-4-13-25/h2-7,9-16,19,30H,8,17-18,20-21H2,1H3. The Kier molecular flexibility index (Phi) is 7.90. The van der Waals surface area contributed by atoms with Gasteiger partial charge < -0.3 is 10.1 Å². The van der Waals surface area contributed by atoms with Gasteiger partial charge in [-0.3, -0.25) is 0 Å². The Morgan fingerprint density at radius 3 is 2.67 bits per heavy atom. The van der Waals surface area contributed by atoms with E-state index in [1.165, 1.54) is 27.5 Å². The number of nitrogens with zero attached hydrogens (tertiary/aromatic N) is 4. The second kappa shape index (κ2) is 11.8. The number of nitrogens with one attached hydrogen (secondary N) is 1. The molecule has 5 rings (SSSR count). The molecule has 6 nitrogen and oxygen atoms in total. The second-order valence-corrected chi connectivity index (χ2v) is 9.69. The number of rotatable bonds is 11. The van der Waals surface area contributed by atoms with E-state index >= 15 is 0 Å². The van der Waals surface area contributed by atoms with E-state index in [4.69, 9.17) is 4.74 Å². The van der Waals surface area contributed by atoms with Crippen molar-refractivity contribution in [2.45, 2.75) is 31.7 Å². The zero-order valence-corrected chi connectivity index (χ0v) is 21.1. The number of benzene rings is 4. The van der Waals surface area contributed by atoms with Crippen LogP contribution in [-0.4, -0.2) is 32.5 Å². The van der Waals surface area contributed by atoms with E-state index in [2.05, 4.69) is 88.4 Å². The number of aryl methyl sites for hydroxylation is 1. The summed E-state index contributed by atoms with van der Waals surface area (Å²) in [5, 5.41) is 19.0. The van der Waals surface area contributed by atoms with Crippen LogP contribution in [0.5, 0.6) is 5.75 Å². The minimum Gasteiger partial charge on any atom is -0.489 e. The van der Waals surface area contributed by atoms with Gasteiger partial charge in [0.15, 0.2) is 0 Å². The van der Waals surface area contributed by atoms with Gasteiger partial charge in [0, 0.05) is 17.9 Å². The highest BCUT2D eigenvalue weighted by molar-refractivity contribution is 7.99. The highest BCUT2D eigenvalue weighted by Crippen LogP contribution is 2.29. The summed E-state index contributed by atoms with van der Waals surface area (Å²) in [6.07, 6.45) is 0.997. The van der Waals surface area contributed by atoms with E-state index in [0.29, 0.717) is 6.61 Å². The lowest BCUT2D eigenvalue weighted by molar-refractivity contribution is 0.302. The molecule has 36 heavy (non-hydrogen) atoms. The Labute approximate surface area is 215 Å². The Morgan fingerprint density at radius 1 is 0.917 bits per heavy atom. The number of thioether (sulfide) groups is 1. The summed E-state index contributed by atoms with van der Waals surface area (Å²) in [5.74, 6) is 1.85. The fourth-order valence-electron chi connectivity index (χ4n) is 4.17. The molecule has 4 aromatic carbocycles. The van der Waals surface area contributed by atoms with Crippen LogP contribution < -0.4 is 10.1 Å². The topological polar surface area (TPSA) is 64.9 Å². The molecular weight excluding hydrogens is 466 g/mol. The minimum atomic E-state index is 0.555. The average Bonchev–Trinajstić information content (AvgIpc) is 3.39. The number of aromatic nitrogens is 4. The number of hydrogen-bond acceptors (Lipinski definition) is 6. The number of hydrogen-bond donors (Lipinski definition) is 1. The van der Waals surface area contributed by atoms with Crippen LogP contribution in [0.15, 0.2) is 96.2 Å². The molecule has 0 atom stereocenters. The SMILES string of the molecule is Cc1cccc(COc2ccc3ccccc3c2CNCCCSc2nnnn2-c2ccccc2)c1. The average molecular weight is 496 g/mol. The molecule has 0 amide bonds. The van der Waals surface area contributed by atoms with Gasteiger partial charge in [-0.2, -0.15) is 4.68 Å². The van der Waals surface area contributed by atoms with Crippen molar-refractivity contribution in [1.29, 1.82) is 0 Å². The maximum atomic E-state index is 6.30. The first-order chi connectivity index (χ1) is 17.8. The molecule has 0 bridgehead atoms. The zero-order valence-electron chi connectivity index (χ0n) is 20.3. The van der Waals surface area contributed by atoms with Crippen LogP contribution in [0, 0.1) is 6.92 Å². The summed E-state index contributed by atoms with van der Waals surface area (Å²) >= 11 is 1.67. The molecule has 1 aromatic heterocycles. The second-order valence-electron chi connectivity index (χ2n) is 8.63. The summed E-state index contributed by atoms with van der Waals surface area (Å²) in [7, 11) is 0. The summed E-state index contributed by atoms with van der Waals surface area (Å²) < 4.78 is 8.08. The third-order valence-corrected chi connectivity index (χ3v) is 6.95. The molecule has 0 saturated carbocycles. The summed E-state index contributed by atoms with van der Waals surface area (Å²) in [4.78, 5) is 0. The molecule has 0 unspecified atom stereocenters. The summed E-state index contributed by atoms with van der Waals surface area (Å²) in [5.41, 5.74) is 4.59. The fourth-order valence-corrected chi connectivity index (χ4v) is 5.00. The van der Waals surface area contributed by atoms with Crippen molar-refractivity contribution < 1.29 is 4.74 Å². The van der Waals surface area contributed by atoms with Crippen LogP contribution in [0.1, 0.15) is 23.1 Å². The van der Waals surface area contributed by atoms with E-state index in [0.717, 1.165) is 41.9 Å². The van der Waals surface area contributed by atoms with Crippen LogP contribution in [-0.2, 0) is 13.2 Å². The first-order valence-electron chi connectivity index (χ1n) is 12.1. The molecule has 0 aliphatic heterocycles. The van der Waals surface area contributed by atoms with Crippen molar-refractivity contribution in [3.05, 3.63) is 108 Å². The largest absolute Gasteiger partial charge is 0.489 e. The van der Waals surface area contributed by atoms with Crippen molar-refractivity contribution in [2.24, 2.45) is 0 Å². The van der Waals surface area contributed by atoms with Crippen LogP contribution in [0.4, 0.5) is 0 Å². The third kappa shape index (κ3) is 5.93. The van der Waals surface area contributed by atoms with Crippen molar-refractivity contribution in [1.82, 2.24) is 25.5 Å². The Balaban J connectivity index is 1.18. The minimum absolute atomic E-state index is 0.555. The Hall–Kier alpha value is -3.68. The van der Waals surface area contributed by atoms with Gasteiger partial charge in [0.05, 0.1) is 5.69 Å². The number of ether oxygens (including phenoxy) is 1. The van der Waals surface area contributed by atoms with Gasteiger partial charge in [-0.25, -0.2) is 0 Å². The third-order valence-electron chi connectivity index (χ3n) is 5.95. The molecule has 0 saturated heterocycles. The van der Waals surface area contributed by atoms with Gasteiger partial charge in [0.25, 0.3) is 0 Å². The molecule has 182 valence electrons. The van der Waals surface area contributed by atoms with E-state index in [-0.39, 0.29) is 0 Å². The molecule has 5 aromatic rings. The van der Waals surface area contributed by atoms with Crippen molar-refractivity contribution in [3.63, 3.8) is 0 Å². The molecule has 1 heterocycles. The van der Waals surface area contributed by atoms with Crippen LogP contribution in [0.2, 0.25) is 0 Å². The molecule has 0 aliphatic rings. The number of para-hydroxylation sites is 1. The molecule has 1 N–H and O–H groups in total. The van der Waals surface area contributed by atoms with Crippen LogP contribution >= 0.6 is 11.8 Å². The smallest absolute Gasteiger partial charge is 0.214 e.